The molecule has 4 heteroatoms. The van der Waals surface area contributed by atoms with E-state index in [9.17, 15) is 4.79 Å². The number of hydrogen-bond acceptors (Lipinski definition) is 3. The number of hydrogen-bond donors (Lipinski definition) is 1. The second-order valence-corrected chi connectivity index (χ2v) is 3.31. The molecule has 2 rings (SSSR count). The lowest BCUT2D eigenvalue weighted by molar-refractivity contribution is -0.111. The monoisotopic (exact) mass is 225 g/mol. The number of carbonyl (C=O) groups is 1. The van der Waals surface area contributed by atoms with E-state index in [-0.39, 0.29) is 5.91 Å². The standard InChI is InChI=1S/C13H11N3O/c1-2-11(17)16-13-12(14-8-9-15-13)10-6-4-3-5-7-10/h2-9H,1H2,(H,15,16,17). The lowest BCUT2D eigenvalue weighted by atomic mass is 10.1. The first-order valence-corrected chi connectivity index (χ1v) is 5.11. The van der Waals surface area contributed by atoms with Crippen molar-refractivity contribution in [1.82, 2.24) is 9.97 Å². The molecule has 0 unspecified atom stereocenters. The molecular formula is C13H11N3O. The number of anilines is 1. The van der Waals surface area contributed by atoms with Crippen LogP contribution in [0, 0.1) is 0 Å². The quantitative estimate of drug-likeness (QED) is 0.815. The van der Waals surface area contributed by atoms with Crippen molar-refractivity contribution in [3.63, 3.8) is 0 Å². The van der Waals surface area contributed by atoms with Gasteiger partial charge in [0.15, 0.2) is 5.82 Å². The molecule has 4 nitrogen and oxygen atoms in total. The van der Waals surface area contributed by atoms with E-state index in [1.807, 2.05) is 30.3 Å². The predicted octanol–water partition coefficient (Wildman–Crippen LogP) is 2.27. The molecule has 0 bridgehead atoms. The molecule has 17 heavy (non-hydrogen) atoms. The van der Waals surface area contributed by atoms with Crippen LogP contribution in [0.1, 0.15) is 0 Å². The molecule has 0 fully saturated rings. The van der Waals surface area contributed by atoms with Crippen LogP contribution >= 0.6 is 0 Å². The van der Waals surface area contributed by atoms with Gasteiger partial charge in [-0.05, 0) is 6.08 Å². The molecule has 0 radical (unpaired) electrons. The van der Waals surface area contributed by atoms with Gasteiger partial charge in [0.05, 0.1) is 0 Å². The third-order valence-electron chi connectivity index (χ3n) is 2.17. The highest BCUT2D eigenvalue weighted by molar-refractivity contribution is 6.00. The summed E-state index contributed by atoms with van der Waals surface area (Å²) in [6.07, 6.45) is 4.32. The summed E-state index contributed by atoms with van der Waals surface area (Å²) in [6, 6.07) is 9.55. The van der Waals surface area contributed by atoms with Gasteiger partial charge in [0.2, 0.25) is 5.91 Å². The zero-order valence-electron chi connectivity index (χ0n) is 9.13. The first-order valence-electron chi connectivity index (χ1n) is 5.11. The molecule has 0 aliphatic rings. The minimum absolute atomic E-state index is 0.303. The van der Waals surface area contributed by atoms with E-state index in [4.69, 9.17) is 0 Å². The van der Waals surface area contributed by atoms with Crippen LogP contribution in [0.4, 0.5) is 5.82 Å². The number of carbonyl (C=O) groups excluding carboxylic acids is 1. The SMILES string of the molecule is C=CC(=O)Nc1nccnc1-c1ccccc1. The van der Waals surface area contributed by atoms with E-state index < -0.39 is 0 Å². The van der Waals surface area contributed by atoms with Crippen molar-refractivity contribution in [1.29, 1.82) is 0 Å². The van der Waals surface area contributed by atoms with Gasteiger partial charge in [-0.3, -0.25) is 9.78 Å². The van der Waals surface area contributed by atoms with Crippen molar-refractivity contribution in [2.75, 3.05) is 5.32 Å². The Hall–Kier alpha value is -2.49. The van der Waals surface area contributed by atoms with Gasteiger partial charge in [0.25, 0.3) is 0 Å². The summed E-state index contributed by atoms with van der Waals surface area (Å²) in [4.78, 5) is 19.6. The topological polar surface area (TPSA) is 54.9 Å². The third-order valence-corrected chi connectivity index (χ3v) is 2.17. The average Bonchev–Trinajstić information content (AvgIpc) is 2.40. The van der Waals surface area contributed by atoms with Crippen LogP contribution in [0.2, 0.25) is 0 Å². The summed E-state index contributed by atoms with van der Waals surface area (Å²) < 4.78 is 0. The summed E-state index contributed by atoms with van der Waals surface area (Å²) >= 11 is 0. The molecule has 1 N–H and O–H groups in total. The second-order valence-electron chi connectivity index (χ2n) is 3.31. The number of aromatic nitrogens is 2. The van der Waals surface area contributed by atoms with E-state index in [0.717, 1.165) is 5.56 Å². The Morgan fingerprint density at radius 1 is 1.18 bits per heavy atom. The smallest absolute Gasteiger partial charge is 0.248 e. The molecule has 0 aliphatic heterocycles. The zero-order valence-corrected chi connectivity index (χ0v) is 9.13. The van der Waals surface area contributed by atoms with Gasteiger partial charge in [-0.25, -0.2) is 4.98 Å². The molecular weight excluding hydrogens is 214 g/mol. The maximum Gasteiger partial charge on any atom is 0.248 e. The molecule has 0 saturated carbocycles. The molecule has 1 aromatic heterocycles. The zero-order chi connectivity index (χ0) is 12.1. The van der Waals surface area contributed by atoms with Crippen LogP contribution in [-0.2, 0) is 4.79 Å². The van der Waals surface area contributed by atoms with Gasteiger partial charge in [-0.2, -0.15) is 0 Å². The van der Waals surface area contributed by atoms with E-state index in [0.29, 0.717) is 11.5 Å². The molecule has 1 amide bonds. The van der Waals surface area contributed by atoms with Crippen LogP contribution in [-0.4, -0.2) is 15.9 Å². The predicted molar refractivity (Wildman–Crippen MR) is 66.3 cm³/mol. The van der Waals surface area contributed by atoms with Gasteiger partial charge < -0.3 is 5.32 Å². The van der Waals surface area contributed by atoms with Crippen molar-refractivity contribution >= 4 is 11.7 Å². The summed E-state index contributed by atoms with van der Waals surface area (Å²) in [5, 5.41) is 2.63. The molecule has 0 aliphatic carbocycles. The normalized spacial score (nSPS) is 9.65. The molecule has 84 valence electrons. The Bertz CT molecular complexity index is 537. The highest BCUT2D eigenvalue weighted by Crippen LogP contribution is 2.22. The first-order chi connectivity index (χ1) is 8.31. The number of amides is 1. The van der Waals surface area contributed by atoms with Crippen LogP contribution < -0.4 is 5.32 Å². The van der Waals surface area contributed by atoms with Gasteiger partial charge in [0.1, 0.15) is 5.69 Å². The molecule has 1 aromatic carbocycles. The van der Waals surface area contributed by atoms with Crippen molar-refractivity contribution in [2.45, 2.75) is 0 Å². The Kier molecular flexibility index (Phi) is 3.25. The van der Waals surface area contributed by atoms with E-state index in [1.165, 1.54) is 12.3 Å². The average molecular weight is 225 g/mol. The molecule has 2 aromatic rings. The van der Waals surface area contributed by atoms with Gasteiger partial charge >= 0.3 is 0 Å². The number of benzene rings is 1. The number of rotatable bonds is 3. The fraction of sp³-hybridized carbons (Fsp3) is 0. The third kappa shape index (κ3) is 2.55. The minimum atomic E-state index is -0.303. The summed E-state index contributed by atoms with van der Waals surface area (Å²) in [6.45, 7) is 3.40. The van der Waals surface area contributed by atoms with E-state index in [2.05, 4.69) is 21.9 Å². The Labute approximate surface area is 99.0 Å². The van der Waals surface area contributed by atoms with Crippen molar-refractivity contribution < 1.29 is 4.79 Å². The Morgan fingerprint density at radius 2 is 1.88 bits per heavy atom. The van der Waals surface area contributed by atoms with Crippen LogP contribution in [0.25, 0.3) is 11.3 Å². The first kappa shape index (κ1) is 11.0. The summed E-state index contributed by atoms with van der Waals surface area (Å²) in [5.74, 6) is 0.131. The second kappa shape index (κ2) is 5.03. The minimum Gasteiger partial charge on any atom is -0.305 e. The Morgan fingerprint density at radius 3 is 2.59 bits per heavy atom. The maximum atomic E-state index is 11.3. The maximum absolute atomic E-state index is 11.3. The van der Waals surface area contributed by atoms with Crippen molar-refractivity contribution in [3.8, 4) is 11.3 Å². The van der Waals surface area contributed by atoms with Crippen LogP contribution in [0.15, 0.2) is 55.4 Å². The van der Waals surface area contributed by atoms with Gasteiger partial charge in [-0.1, -0.05) is 36.9 Å². The molecule has 0 atom stereocenters. The molecule has 1 heterocycles. The lowest BCUT2D eigenvalue weighted by Crippen LogP contribution is -2.10. The fourth-order valence-corrected chi connectivity index (χ4v) is 1.40. The lowest BCUT2D eigenvalue weighted by Gasteiger charge is -2.07. The van der Waals surface area contributed by atoms with E-state index in [1.54, 1.807) is 6.20 Å². The highest BCUT2D eigenvalue weighted by atomic mass is 16.1. The van der Waals surface area contributed by atoms with Crippen LogP contribution in [0.5, 0.6) is 0 Å². The number of nitrogens with one attached hydrogen (secondary N) is 1. The highest BCUT2D eigenvalue weighted by Gasteiger charge is 2.08. The van der Waals surface area contributed by atoms with Crippen LogP contribution in [0.3, 0.4) is 0 Å². The summed E-state index contributed by atoms with van der Waals surface area (Å²) in [7, 11) is 0. The number of nitrogens with zero attached hydrogens (tertiary/aromatic N) is 2. The van der Waals surface area contributed by atoms with Crippen molar-refractivity contribution in [3.05, 3.63) is 55.4 Å². The largest absolute Gasteiger partial charge is 0.305 e. The fourth-order valence-electron chi connectivity index (χ4n) is 1.40. The summed E-state index contributed by atoms with van der Waals surface area (Å²) in [5.41, 5.74) is 1.54. The van der Waals surface area contributed by atoms with Crippen molar-refractivity contribution in [2.24, 2.45) is 0 Å². The Balaban J connectivity index is 2.41. The molecule has 0 spiro atoms. The van der Waals surface area contributed by atoms with Gasteiger partial charge in [0, 0.05) is 18.0 Å². The van der Waals surface area contributed by atoms with E-state index >= 15 is 0 Å². The van der Waals surface area contributed by atoms with Gasteiger partial charge in [-0.15, -0.1) is 0 Å². The molecule has 0 saturated heterocycles.